The maximum atomic E-state index is 12.0. The molecule has 2 nitrogen and oxygen atoms in total. The number of hydrogen-bond acceptors (Lipinski definition) is 2. The largest absolute Gasteiger partial charge is 0.435 e. The van der Waals surface area contributed by atoms with Gasteiger partial charge < -0.3 is 10.1 Å². The minimum Gasteiger partial charge on any atom is -0.435 e. The number of terminal acetylenes is 1. The zero-order valence-electron chi connectivity index (χ0n) is 11.0. The SMILES string of the molecule is C#CCCNC(C)CCc1ccc(OC(F)F)cc1. The van der Waals surface area contributed by atoms with Crippen LogP contribution in [0.1, 0.15) is 25.3 Å². The first kappa shape index (κ1) is 15.5. The second-order valence-corrected chi connectivity index (χ2v) is 4.37. The van der Waals surface area contributed by atoms with Gasteiger partial charge in [0.05, 0.1) is 0 Å². The molecule has 1 N–H and O–H groups in total. The second-order valence-electron chi connectivity index (χ2n) is 4.37. The number of rotatable bonds is 8. The number of alkyl halides is 2. The van der Waals surface area contributed by atoms with Crippen LogP contribution in [0.2, 0.25) is 0 Å². The molecule has 0 bridgehead atoms. The van der Waals surface area contributed by atoms with Crippen LogP contribution in [-0.2, 0) is 6.42 Å². The molecule has 1 atom stereocenters. The minimum absolute atomic E-state index is 0.193. The highest BCUT2D eigenvalue weighted by Gasteiger charge is 2.05. The van der Waals surface area contributed by atoms with Gasteiger partial charge in [-0.25, -0.2) is 0 Å². The number of benzene rings is 1. The van der Waals surface area contributed by atoms with E-state index in [2.05, 4.69) is 22.9 Å². The molecule has 1 unspecified atom stereocenters. The van der Waals surface area contributed by atoms with Gasteiger partial charge in [0.2, 0.25) is 0 Å². The highest BCUT2D eigenvalue weighted by molar-refractivity contribution is 5.27. The standard InChI is InChI=1S/C15H19F2NO/c1-3-4-11-18-12(2)5-6-13-7-9-14(10-8-13)19-15(16)17/h1,7-10,12,15,18H,4-6,11H2,2H3. The van der Waals surface area contributed by atoms with Crippen LogP contribution in [0.25, 0.3) is 0 Å². The minimum atomic E-state index is -2.77. The van der Waals surface area contributed by atoms with Crippen LogP contribution in [0.5, 0.6) is 5.75 Å². The zero-order valence-corrected chi connectivity index (χ0v) is 11.0. The summed E-state index contributed by atoms with van der Waals surface area (Å²) in [6.07, 6.45) is 7.76. The highest BCUT2D eigenvalue weighted by Crippen LogP contribution is 2.16. The summed E-state index contributed by atoms with van der Waals surface area (Å²) >= 11 is 0. The summed E-state index contributed by atoms with van der Waals surface area (Å²) in [5, 5.41) is 3.32. The van der Waals surface area contributed by atoms with Gasteiger partial charge in [0.25, 0.3) is 0 Å². The third-order valence-electron chi connectivity index (χ3n) is 2.78. The molecule has 0 amide bonds. The van der Waals surface area contributed by atoms with Crippen molar-refractivity contribution in [1.29, 1.82) is 0 Å². The smallest absolute Gasteiger partial charge is 0.387 e. The van der Waals surface area contributed by atoms with Crippen LogP contribution in [0.4, 0.5) is 8.78 Å². The lowest BCUT2D eigenvalue weighted by Crippen LogP contribution is -2.27. The zero-order chi connectivity index (χ0) is 14.1. The molecule has 0 saturated carbocycles. The van der Waals surface area contributed by atoms with Gasteiger partial charge in [-0.2, -0.15) is 8.78 Å². The maximum absolute atomic E-state index is 12.0. The Morgan fingerprint density at radius 2 is 2.00 bits per heavy atom. The topological polar surface area (TPSA) is 21.3 Å². The lowest BCUT2D eigenvalue weighted by atomic mass is 10.1. The van der Waals surface area contributed by atoms with Crippen LogP contribution in [-0.4, -0.2) is 19.2 Å². The molecule has 0 heterocycles. The van der Waals surface area contributed by atoms with Crippen LogP contribution in [0.15, 0.2) is 24.3 Å². The van der Waals surface area contributed by atoms with E-state index in [-0.39, 0.29) is 5.75 Å². The first-order chi connectivity index (χ1) is 9.11. The molecule has 1 rings (SSSR count). The van der Waals surface area contributed by atoms with Gasteiger partial charge in [0, 0.05) is 19.0 Å². The van der Waals surface area contributed by atoms with E-state index in [1.54, 1.807) is 12.1 Å². The van der Waals surface area contributed by atoms with Crippen molar-refractivity contribution < 1.29 is 13.5 Å². The van der Waals surface area contributed by atoms with Crippen molar-refractivity contribution in [3.8, 4) is 18.1 Å². The summed E-state index contributed by atoms with van der Waals surface area (Å²) < 4.78 is 28.3. The Balaban J connectivity index is 2.31. The van der Waals surface area contributed by atoms with Gasteiger partial charge in [-0.15, -0.1) is 12.3 Å². The van der Waals surface area contributed by atoms with Gasteiger partial charge in [-0.05, 0) is 37.5 Å². The quantitative estimate of drug-likeness (QED) is 0.577. The van der Waals surface area contributed by atoms with Crippen LogP contribution in [0.3, 0.4) is 0 Å². The normalized spacial score (nSPS) is 12.2. The molecule has 4 heteroatoms. The Morgan fingerprint density at radius 1 is 1.32 bits per heavy atom. The molecule has 19 heavy (non-hydrogen) atoms. The third-order valence-corrected chi connectivity index (χ3v) is 2.78. The molecule has 0 radical (unpaired) electrons. The fourth-order valence-corrected chi connectivity index (χ4v) is 1.71. The summed E-state index contributed by atoms with van der Waals surface area (Å²) in [4.78, 5) is 0. The van der Waals surface area contributed by atoms with E-state index in [0.717, 1.165) is 31.4 Å². The van der Waals surface area contributed by atoms with Crippen molar-refractivity contribution in [1.82, 2.24) is 5.32 Å². The van der Waals surface area contributed by atoms with E-state index in [1.165, 1.54) is 0 Å². The van der Waals surface area contributed by atoms with Crippen molar-refractivity contribution in [3.05, 3.63) is 29.8 Å². The lowest BCUT2D eigenvalue weighted by Gasteiger charge is -2.13. The van der Waals surface area contributed by atoms with E-state index in [1.807, 2.05) is 12.1 Å². The van der Waals surface area contributed by atoms with Crippen LogP contribution >= 0.6 is 0 Å². The predicted octanol–water partition coefficient (Wildman–Crippen LogP) is 3.22. The Morgan fingerprint density at radius 3 is 2.58 bits per heavy atom. The third kappa shape index (κ3) is 6.78. The number of halogens is 2. The van der Waals surface area contributed by atoms with E-state index < -0.39 is 6.61 Å². The molecule has 1 aromatic carbocycles. The van der Waals surface area contributed by atoms with Gasteiger partial charge in [-0.1, -0.05) is 12.1 Å². The van der Waals surface area contributed by atoms with Gasteiger partial charge in [-0.3, -0.25) is 0 Å². The fourth-order valence-electron chi connectivity index (χ4n) is 1.71. The monoisotopic (exact) mass is 267 g/mol. The fraction of sp³-hybridized carbons (Fsp3) is 0.467. The molecule has 0 aromatic heterocycles. The van der Waals surface area contributed by atoms with Gasteiger partial charge >= 0.3 is 6.61 Å². The molecular formula is C15H19F2NO. The van der Waals surface area contributed by atoms with Crippen LogP contribution < -0.4 is 10.1 Å². The number of hydrogen-bond donors (Lipinski definition) is 1. The van der Waals surface area contributed by atoms with Crippen molar-refractivity contribution in [2.75, 3.05) is 6.54 Å². The number of aryl methyl sites for hydroxylation is 1. The van der Waals surface area contributed by atoms with Crippen molar-refractivity contribution in [2.24, 2.45) is 0 Å². The average Bonchev–Trinajstić information content (AvgIpc) is 2.37. The summed E-state index contributed by atoms with van der Waals surface area (Å²) in [7, 11) is 0. The summed E-state index contributed by atoms with van der Waals surface area (Å²) in [6, 6.07) is 7.14. The number of ether oxygens (including phenoxy) is 1. The summed E-state index contributed by atoms with van der Waals surface area (Å²) in [5.41, 5.74) is 1.10. The Hall–Kier alpha value is -1.60. The molecule has 0 aliphatic carbocycles. The van der Waals surface area contributed by atoms with Crippen molar-refractivity contribution >= 4 is 0 Å². The van der Waals surface area contributed by atoms with E-state index in [0.29, 0.717) is 6.04 Å². The molecular weight excluding hydrogens is 248 g/mol. The second kappa shape index (κ2) is 8.49. The molecule has 1 aromatic rings. The molecule has 104 valence electrons. The van der Waals surface area contributed by atoms with Crippen molar-refractivity contribution in [2.45, 2.75) is 38.8 Å². The molecule has 0 aliphatic heterocycles. The molecule has 0 saturated heterocycles. The summed E-state index contributed by atoms with van der Waals surface area (Å²) in [5.74, 6) is 2.77. The molecule has 0 spiro atoms. The van der Waals surface area contributed by atoms with Gasteiger partial charge in [0.1, 0.15) is 5.75 Å². The average molecular weight is 267 g/mol. The maximum Gasteiger partial charge on any atom is 0.387 e. The Kier molecular flexibility index (Phi) is 6.91. The van der Waals surface area contributed by atoms with E-state index in [4.69, 9.17) is 6.42 Å². The van der Waals surface area contributed by atoms with Crippen LogP contribution in [0, 0.1) is 12.3 Å². The summed E-state index contributed by atoms with van der Waals surface area (Å²) in [6.45, 7) is 0.148. The molecule has 0 aliphatic rings. The lowest BCUT2D eigenvalue weighted by molar-refractivity contribution is -0.0498. The van der Waals surface area contributed by atoms with Gasteiger partial charge in [0.15, 0.2) is 0 Å². The van der Waals surface area contributed by atoms with E-state index in [9.17, 15) is 8.78 Å². The Bertz CT molecular complexity index is 398. The first-order valence-corrected chi connectivity index (χ1v) is 6.32. The van der Waals surface area contributed by atoms with E-state index >= 15 is 0 Å². The number of nitrogens with one attached hydrogen (secondary N) is 1. The Labute approximate surface area is 113 Å². The molecule has 0 fully saturated rings. The van der Waals surface area contributed by atoms with Crippen molar-refractivity contribution in [3.63, 3.8) is 0 Å². The highest BCUT2D eigenvalue weighted by atomic mass is 19.3. The predicted molar refractivity (Wildman–Crippen MR) is 72.3 cm³/mol. The first-order valence-electron chi connectivity index (χ1n) is 6.32.